The molecule has 0 heterocycles. The standard InChI is InChI=1S/C20H12Br/c21-17-11-10-16-12-15-8-4-5-9-18(15)20(19(16)13-17)14-6-2-1-3-7-14/h1-11,13H. The highest BCUT2D eigenvalue weighted by atomic mass is 79.9. The fourth-order valence-electron chi connectivity index (χ4n) is 2.85. The van der Waals surface area contributed by atoms with Gasteiger partial charge in [0.1, 0.15) is 0 Å². The van der Waals surface area contributed by atoms with Gasteiger partial charge in [-0.25, -0.2) is 0 Å². The van der Waals surface area contributed by atoms with Gasteiger partial charge in [0.25, 0.3) is 0 Å². The van der Waals surface area contributed by atoms with Crippen LogP contribution in [0.5, 0.6) is 0 Å². The number of hydrogen-bond donors (Lipinski definition) is 0. The molecule has 0 aromatic heterocycles. The topological polar surface area (TPSA) is 0 Å². The van der Waals surface area contributed by atoms with Crippen LogP contribution in [0.25, 0.3) is 32.7 Å². The highest BCUT2D eigenvalue weighted by molar-refractivity contribution is 9.10. The number of benzene rings is 4. The molecule has 0 saturated carbocycles. The van der Waals surface area contributed by atoms with E-state index in [1.165, 1.54) is 21.9 Å². The number of rotatable bonds is 1. The zero-order valence-electron chi connectivity index (χ0n) is 11.3. The van der Waals surface area contributed by atoms with Crippen LogP contribution in [0.1, 0.15) is 0 Å². The third kappa shape index (κ3) is 2.14. The molecule has 0 aliphatic carbocycles. The second kappa shape index (κ2) is 5.01. The fraction of sp³-hybridized carbons (Fsp3) is 0. The first kappa shape index (κ1) is 12.6. The fourth-order valence-corrected chi connectivity index (χ4v) is 3.21. The SMILES string of the molecule is Brc1ccc2[c]c3ccccc3c(-c3ccccc3)c2c1. The van der Waals surface area contributed by atoms with Crippen molar-refractivity contribution in [3.05, 3.63) is 83.3 Å². The monoisotopic (exact) mass is 331 g/mol. The predicted molar refractivity (Wildman–Crippen MR) is 93.4 cm³/mol. The third-order valence-corrected chi connectivity index (χ3v) is 4.27. The van der Waals surface area contributed by atoms with Crippen molar-refractivity contribution >= 4 is 37.5 Å². The Balaban J connectivity index is 2.24. The summed E-state index contributed by atoms with van der Waals surface area (Å²) in [7, 11) is 0. The quantitative estimate of drug-likeness (QED) is 0.363. The molecule has 0 amide bonds. The molecule has 0 nitrogen and oxygen atoms in total. The van der Waals surface area contributed by atoms with Crippen molar-refractivity contribution in [1.82, 2.24) is 0 Å². The van der Waals surface area contributed by atoms with Crippen LogP contribution in [0.15, 0.2) is 77.3 Å². The number of fused-ring (bicyclic) bond motifs is 2. The normalized spacial score (nSPS) is 11.1. The lowest BCUT2D eigenvalue weighted by molar-refractivity contribution is 1.66. The summed E-state index contributed by atoms with van der Waals surface area (Å²) in [6.45, 7) is 0. The molecule has 0 saturated heterocycles. The third-order valence-electron chi connectivity index (χ3n) is 3.78. The largest absolute Gasteiger partial charge is 0.0622 e. The molecule has 0 aliphatic rings. The minimum atomic E-state index is 1.09. The summed E-state index contributed by atoms with van der Waals surface area (Å²) in [5, 5.41) is 4.78. The molecule has 4 aromatic rings. The Morgan fingerprint density at radius 1 is 0.667 bits per heavy atom. The van der Waals surface area contributed by atoms with Gasteiger partial charge in [0.05, 0.1) is 0 Å². The lowest BCUT2D eigenvalue weighted by atomic mass is 9.92. The minimum Gasteiger partial charge on any atom is -0.0622 e. The van der Waals surface area contributed by atoms with Gasteiger partial charge in [-0.15, -0.1) is 0 Å². The van der Waals surface area contributed by atoms with Crippen LogP contribution in [0.4, 0.5) is 0 Å². The first-order valence-corrected chi connectivity index (χ1v) is 7.71. The van der Waals surface area contributed by atoms with Crippen molar-refractivity contribution in [2.24, 2.45) is 0 Å². The Morgan fingerprint density at radius 2 is 1.38 bits per heavy atom. The van der Waals surface area contributed by atoms with Gasteiger partial charge in [-0.1, -0.05) is 76.6 Å². The average molecular weight is 332 g/mol. The maximum Gasteiger partial charge on any atom is 0.0181 e. The number of hydrogen-bond acceptors (Lipinski definition) is 0. The molecular weight excluding hydrogens is 320 g/mol. The summed E-state index contributed by atoms with van der Waals surface area (Å²) in [6.07, 6.45) is 0. The van der Waals surface area contributed by atoms with Gasteiger partial charge in [0, 0.05) is 4.47 Å². The Hall–Kier alpha value is -2.12. The van der Waals surface area contributed by atoms with E-state index in [0.29, 0.717) is 0 Å². The van der Waals surface area contributed by atoms with E-state index in [0.717, 1.165) is 15.2 Å². The molecule has 1 heteroatoms. The van der Waals surface area contributed by atoms with Crippen LogP contribution >= 0.6 is 15.9 Å². The summed E-state index contributed by atoms with van der Waals surface area (Å²) < 4.78 is 1.09. The molecule has 0 spiro atoms. The van der Waals surface area contributed by atoms with Crippen LogP contribution in [0.2, 0.25) is 0 Å². The van der Waals surface area contributed by atoms with E-state index in [1.54, 1.807) is 0 Å². The molecule has 4 rings (SSSR count). The van der Waals surface area contributed by atoms with E-state index < -0.39 is 0 Å². The van der Waals surface area contributed by atoms with Crippen LogP contribution in [0.3, 0.4) is 0 Å². The van der Waals surface area contributed by atoms with Crippen molar-refractivity contribution < 1.29 is 0 Å². The van der Waals surface area contributed by atoms with E-state index in [4.69, 9.17) is 0 Å². The van der Waals surface area contributed by atoms with Gasteiger partial charge >= 0.3 is 0 Å². The van der Waals surface area contributed by atoms with Crippen molar-refractivity contribution in [1.29, 1.82) is 0 Å². The van der Waals surface area contributed by atoms with Gasteiger partial charge in [-0.3, -0.25) is 0 Å². The smallest absolute Gasteiger partial charge is 0.0181 e. The lowest BCUT2D eigenvalue weighted by Crippen LogP contribution is -1.85. The Kier molecular flexibility index (Phi) is 3.01. The molecule has 1 radical (unpaired) electrons. The molecule has 4 aromatic carbocycles. The molecule has 0 atom stereocenters. The molecule has 0 bridgehead atoms. The van der Waals surface area contributed by atoms with E-state index >= 15 is 0 Å². The van der Waals surface area contributed by atoms with Gasteiger partial charge < -0.3 is 0 Å². The summed E-state index contributed by atoms with van der Waals surface area (Å²) >= 11 is 3.59. The van der Waals surface area contributed by atoms with Crippen molar-refractivity contribution in [2.75, 3.05) is 0 Å². The summed E-state index contributed by atoms with van der Waals surface area (Å²) in [6, 6.07) is 28.9. The van der Waals surface area contributed by atoms with Crippen molar-refractivity contribution in [3.63, 3.8) is 0 Å². The lowest BCUT2D eigenvalue weighted by Gasteiger charge is -2.12. The molecule has 21 heavy (non-hydrogen) atoms. The first-order chi connectivity index (χ1) is 10.3. The van der Waals surface area contributed by atoms with Crippen LogP contribution < -0.4 is 0 Å². The van der Waals surface area contributed by atoms with E-state index in [9.17, 15) is 0 Å². The predicted octanol–water partition coefficient (Wildman–Crippen LogP) is 6.22. The maximum absolute atomic E-state index is 3.59. The Morgan fingerprint density at radius 3 is 2.24 bits per heavy atom. The van der Waals surface area contributed by atoms with Crippen molar-refractivity contribution in [2.45, 2.75) is 0 Å². The Labute approximate surface area is 132 Å². The van der Waals surface area contributed by atoms with E-state index in [-0.39, 0.29) is 0 Å². The van der Waals surface area contributed by atoms with Gasteiger partial charge in [0.2, 0.25) is 0 Å². The average Bonchev–Trinajstić information content (AvgIpc) is 2.53. The molecular formula is C20H12Br. The molecule has 0 fully saturated rings. The summed E-state index contributed by atoms with van der Waals surface area (Å²) in [4.78, 5) is 0. The second-order valence-electron chi connectivity index (χ2n) is 5.10. The minimum absolute atomic E-state index is 1.09. The maximum atomic E-state index is 3.59. The van der Waals surface area contributed by atoms with Gasteiger partial charge in [-0.2, -0.15) is 0 Å². The van der Waals surface area contributed by atoms with Crippen LogP contribution in [-0.2, 0) is 0 Å². The van der Waals surface area contributed by atoms with Crippen LogP contribution in [-0.4, -0.2) is 0 Å². The highest BCUT2D eigenvalue weighted by Crippen LogP contribution is 2.36. The molecule has 0 aliphatic heterocycles. The molecule has 0 N–H and O–H groups in total. The first-order valence-electron chi connectivity index (χ1n) is 6.92. The van der Waals surface area contributed by atoms with Crippen LogP contribution in [0, 0.1) is 6.07 Å². The highest BCUT2D eigenvalue weighted by Gasteiger charge is 2.10. The van der Waals surface area contributed by atoms with E-state index in [1.807, 2.05) is 0 Å². The zero-order valence-corrected chi connectivity index (χ0v) is 12.9. The summed E-state index contributed by atoms with van der Waals surface area (Å²) in [5.74, 6) is 0. The van der Waals surface area contributed by atoms with E-state index in [2.05, 4.69) is 94.8 Å². The Bertz CT molecular complexity index is 940. The van der Waals surface area contributed by atoms with Crippen molar-refractivity contribution in [3.8, 4) is 11.1 Å². The molecule has 99 valence electrons. The molecule has 0 unspecified atom stereocenters. The van der Waals surface area contributed by atoms with Gasteiger partial charge in [0.15, 0.2) is 0 Å². The second-order valence-corrected chi connectivity index (χ2v) is 6.02. The summed E-state index contributed by atoms with van der Waals surface area (Å²) in [5.41, 5.74) is 2.52. The number of halogens is 1. The van der Waals surface area contributed by atoms with Gasteiger partial charge in [-0.05, 0) is 50.9 Å². The zero-order chi connectivity index (χ0) is 14.2.